The highest BCUT2D eigenvalue weighted by Gasteiger charge is 2.46. The number of nitrogens with zero attached hydrogens (tertiary/aromatic N) is 2. The van der Waals surface area contributed by atoms with Crippen molar-refractivity contribution in [2.45, 2.75) is 24.7 Å². The molecule has 0 amide bonds. The molecule has 1 aliphatic carbocycles. The molecule has 0 atom stereocenters. The maximum atomic E-state index is 10.8. The molecule has 1 fully saturated rings. The van der Waals surface area contributed by atoms with Crippen LogP contribution in [-0.2, 0) is 10.2 Å². The van der Waals surface area contributed by atoms with Crippen molar-refractivity contribution in [2.75, 3.05) is 19.0 Å². The topological polar surface area (TPSA) is 53.4 Å². The van der Waals surface area contributed by atoms with Gasteiger partial charge in [0.2, 0.25) is 0 Å². The maximum Gasteiger partial charge on any atom is 0.304 e. The van der Waals surface area contributed by atoms with Gasteiger partial charge in [0.15, 0.2) is 0 Å². The normalized spacial score (nSPS) is 16.9. The van der Waals surface area contributed by atoms with Crippen molar-refractivity contribution >= 4 is 11.8 Å². The van der Waals surface area contributed by atoms with E-state index in [1.54, 1.807) is 0 Å². The van der Waals surface area contributed by atoms with Crippen molar-refractivity contribution in [3.63, 3.8) is 0 Å². The minimum atomic E-state index is -0.728. The van der Waals surface area contributed by atoms with E-state index in [-0.39, 0.29) is 11.8 Å². The fourth-order valence-electron chi connectivity index (χ4n) is 1.97. The van der Waals surface area contributed by atoms with Gasteiger partial charge in [-0.05, 0) is 24.5 Å². The number of aromatic nitrogens is 1. The van der Waals surface area contributed by atoms with Crippen LogP contribution in [0.3, 0.4) is 0 Å². The monoisotopic (exact) mass is 220 g/mol. The van der Waals surface area contributed by atoms with Crippen LogP contribution in [0.2, 0.25) is 0 Å². The zero-order valence-electron chi connectivity index (χ0n) is 9.60. The van der Waals surface area contributed by atoms with Crippen LogP contribution in [0.5, 0.6) is 0 Å². The van der Waals surface area contributed by atoms with E-state index in [0.29, 0.717) is 0 Å². The lowest BCUT2D eigenvalue weighted by atomic mass is 9.94. The molecule has 4 nitrogen and oxygen atoms in total. The van der Waals surface area contributed by atoms with Gasteiger partial charge < -0.3 is 10.0 Å². The first kappa shape index (κ1) is 10.9. The van der Waals surface area contributed by atoms with Gasteiger partial charge in [0.25, 0.3) is 0 Å². The van der Waals surface area contributed by atoms with Crippen molar-refractivity contribution in [1.82, 2.24) is 4.98 Å². The molecule has 0 saturated heterocycles. The number of hydrogen-bond acceptors (Lipinski definition) is 3. The van der Waals surface area contributed by atoms with Crippen LogP contribution in [0.25, 0.3) is 0 Å². The Morgan fingerprint density at radius 1 is 1.50 bits per heavy atom. The number of pyridine rings is 1. The van der Waals surface area contributed by atoms with Crippen molar-refractivity contribution in [2.24, 2.45) is 0 Å². The summed E-state index contributed by atoms with van der Waals surface area (Å²) in [6.07, 6.45) is 3.95. The fraction of sp³-hybridized carbons (Fsp3) is 0.500. The van der Waals surface area contributed by atoms with Crippen LogP contribution in [-0.4, -0.2) is 30.2 Å². The quantitative estimate of drug-likeness (QED) is 0.838. The van der Waals surface area contributed by atoms with Crippen molar-refractivity contribution < 1.29 is 9.90 Å². The summed E-state index contributed by atoms with van der Waals surface area (Å²) in [4.78, 5) is 17.0. The van der Waals surface area contributed by atoms with Crippen LogP contribution >= 0.6 is 0 Å². The smallest absolute Gasteiger partial charge is 0.304 e. The second-order valence-electron chi connectivity index (χ2n) is 4.65. The van der Waals surface area contributed by atoms with Gasteiger partial charge >= 0.3 is 5.97 Å². The number of carboxylic acid groups (broad SMARTS) is 1. The Morgan fingerprint density at radius 2 is 2.19 bits per heavy atom. The lowest BCUT2D eigenvalue weighted by molar-refractivity contribution is -0.137. The van der Waals surface area contributed by atoms with Gasteiger partial charge in [-0.1, -0.05) is 6.07 Å². The second kappa shape index (κ2) is 3.77. The highest BCUT2D eigenvalue weighted by atomic mass is 16.4. The predicted octanol–water partition coefficient (Wildman–Crippen LogP) is 1.65. The largest absolute Gasteiger partial charge is 0.481 e. The number of carboxylic acids is 1. The Hall–Kier alpha value is -1.58. The summed E-state index contributed by atoms with van der Waals surface area (Å²) < 4.78 is 0. The number of carbonyl (C=O) groups is 1. The Morgan fingerprint density at radius 3 is 2.56 bits per heavy atom. The predicted molar refractivity (Wildman–Crippen MR) is 61.7 cm³/mol. The van der Waals surface area contributed by atoms with Crippen molar-refractivity contribution in [3.8, 4) is 0 Å². The zero-order valence-corrected chi connectivity index (χ0v) is 9.60. The molecular formula is C12H16N2O2. The molecule has 1 N–H and O–H groups in total. The molecule has 1 aliphatic rings. The highest BCUT2D eigenvalue weighted by Crippen LogP contribution is 2.50. The summed E-state index contributed by atoms with van der Waals surface area (Å²) in [5.74, 6) is 0.170. The third-order valence-corrected chi connectivity index (χ3v) is 3.16. The van der Waals surface area contributed by atoms with Crippen molar-refractivity contribution in [1.29, 1.82) is 0 Å². The van der Waals surface area contributed by atoms with Gasteiger partial charge in [-0.3, -0.25) is 4.79 Å². The van der Waals surface area contributed by atoms with E-state index in [2.05, 4.69) is 4.98 Å². The summed E-state index contributed by atoms with van der Waals surface area (Å²) in [5, 5.41) is 8.86. The van der Waals surface area contributed by atoms with E-state index >= 15 is 0 Å². The van der Waals surface area contributed by atoms with E-state index in [4.69, 9.17) is 5.11 Å². The molecule has 0 aromatic carbocycles. The standard InChI is InChI=1S/C12H16N2O2/c1-14(2)10-4-3-9(8-13-10)12(5-6-12)7-11(15)16/h3-4,8H,5-7H2,1-2H3,(H,15,16). The average Bonchev–Trinajstić information content (AvgIpc) is 2.98. The van der Waals surface area contributed by atoms with E-state index in [1.807, 2.05) is 37.3 Å². The molecule has 0 spiro atoms. The van der Waals surface area contributed by atoms with Gasteiger partial charge in [0.1, 0.15) is 5.82 Å². The van der Waals surface area contributed by atoms with Gasteiger partial charge in [-0.15, -0.1) is 0 Å². The molecule has 16 heavy (non-hydrogen) atoms. The summed E-state index contributed by atoms with van der Waals surface area (Å²) in [6, 6.07) is 3.94. The second-order valence-corrected chi connectivity index (χ2v) is 4.65. The first-order valence-corrected chi connectivity index (χ1v) is 5.39. The molecule has 1 saturated carbocycles. The number of rotatable bonds is 4. The minimum Gasteiger partial charge on any atom is -0.481 e. The molecular weight excluding hydrogens is 204 g/mol. The zero-order chi connectivity index (χ0) is 11.8. The molecule has 0 unspecified atom stereocenters. The molecule has 1 heterocycles. The van der Waals surface area contributed by atoms with Crippen LogP contribution in [0.1, 0.15) is 24.8 Å². The molecule has 1 aromatic rings. The van der Waals surface area contributed by atoms with Crippen LogP contribution < -0.4 is 4.90 Å². The molecule has 2 rings (SSSR count). The Kier molecular flexibility index (Phi) is 2.58. The first-order chi connectivity index (χ1) is 7.53. The van der Waals surface area contributed by atoms with Crippen LogP contribution in [0.15, 0.2) is 18.3 Å². The van der Waals surface area contributed by atoms with E-state index in [1.165, 1.54) is 0 Å². The summed E-state index contributed by atoms with van der Waals surface area (Å²) in [7, 11) is 3.87. The Balaban J connectivity index is 2.19. The summed E-state index contributed by atoms with van der Waals surface area (Å²) >= 11 is 0. The lowest BCUT2D eigenvalue weighted by Gasteiger charge is -2.15. The van der Waals surface area contributed by atoms with Gasteiger partial charge in [-0.25, -0.2) is 4.98 Å². The lowest BCUT2D eigenvalue weighted by Crippen LogP contribution is -2.15. The van der Waals surface area contributed by atoms with E-state index in [9.17, 15) is 4.79 Å². The summed E-state index contributed by atoms with van der Waals surface area (Å²) in [6.45, 7) is 0. The average molecular weight is 220 g/mol. The third-order valence-electron chi connectivity index (χ3n) is 3.16. The number of aliphatic carboxylic acids is 1. The Labute approximate surface area is 94.9 Å². The molecule has 0 radical (unpaired) electrons. The fourth-order valence-corrected chi connectivity index (χ4v) is 1.97. The van der Waals surface area contributed by atoms with Crippen molar-refractivity contribution in [3.05, 3.63) is 23.9 Å². The number of anilines is 1. The first-order valence-electron chi connectivity index (χ1n) is 5.39. The van der Waals surface area contributed by atoms with Crippen LogP contribution in [0, 0.1) is 0 Å². The van der Waals surface area contributed by atoms with Gasteiger partial charge in [0.05, 0.1) is 6.42 Å². The van der Waals surface area contributed by atoms with E-state index < -0.39 is 5.97 Å². The third kappa shape index (κ3) is 2.01. The maximum absolute atomic E-state index is 10.8. The SMILES string of the molecule is CN(C)c1ccc(C2(CC(=O)O)CC2)cn1. The molecule has 0 aliphatic heterocycles. The Bertz CT molecular complexity index is 394. The molecule has 86 valence electrons. The summed E-state index contributed by atoms with van der Waals surface area (Å²) in [5.41, 5.74) is 0.921. The molecule has 1 aromatic heterocycles. The van der Waals surface area contributed by atoms with Gasteiger partial charge in [-0.2, -0.15) is 0 Å². The van der Waals surface area contributed by atoms with Crippen LogP contribution in [0.4, 0.5) is 5.82 Å². The number of hydrogen-bond donors (Lipinski definition) is 1. The van der Waals surface area contributed by atoms with E-state index in [0.717, 1.165) is 24.2 Å². The highest BCUT2D eigenvalue weighted by molar-refractivity contribution is 5.70. The molecule has 0 bridgehead atoms. The van der Waals surface area contributed by atoms with Gasteiger partial charge in [0, 0.05) is 25.7 Å². The minimum absolute atomic E-state index is 0.135. The molecule has 4 heteroatoms.